The lowest BCUT2D eigenvalue weighted by Gasteiger charge is -2.17. The number of hydrogen-bond acceptors (Lipinski definition) is 4. The first-order valence-electron chi connectivity index (χ1n) is 9.86. The predicted molar refractivity (Wildman–Crippen MR) is 103 cm³/mol. The highest BCUT2D eigenvalue weighted by Crippen LogP contribution is 2.22. The van der Waals surface area contributed by atoms with Crippen molar-refractivity contribution in [3.05, 3.63) is 0 Å². The minimum absolute atomic E-state index is 0.0434. The van der Waals surface area contributed by atoms with Gasteiger partial charge in [-0.05, 0) is 42.9 Å². The van der Waals surface area contributed by atoms with Crippen LogP contribution in [0.15, 0.2) is 0 Å². The van der Waals surface area contributed by atoms with Crippen molar-refractivity contribution in [2.24, 2.45) is 23.7 Å². The standard InChI is InChI=1S/C19H40O5S/c1-16(2)8-5-12-19(14-20)13-7-10-17(3)9-6-11-18(4)15-24-25(21,22)23/h16-20H,5-15H2,1-4H3,(H,21,22,23). The summed E-state index contributed by atoms with van der Waals surface area (Å²) >= 11 is 0. The Bertz CT molecular complexity index is 408. The summed E-state index contributed by atoms with van der Waals surface area (Å²) in [7, 11) is -4.32. The lowest BCUT2D eigenvalue weighted by atomic mass is 9.90. The van der Waals surface area contributed by atoms with Gasteiger partial charge in [-0.2, -0.15) is 8.42 Å². The van der Waals surface area contributed by atoms with Crippen LogP contribution in [0.3, 0.4) is 0 Å². The molecule has 0 aliphatic carbocycles. The Balaban J connectivity index is 3.72. The SMILES string of the molecule is CC(C)CCCC(CO)CCCC(C)CCCC(C)COS(=O)(=O)O. The highest BCUT2D eigenvalue weighted by atomic mass is 32.3. The lowest BCUT2D eigenvalue weighted by Crippen LogP contribution is -2.12. The number of aliphatic hydroxyl groups excluding tert-OH is 1. The molecule has 0 radical (unpaired) electrons. The third-order valence-electron chi connectivity index (χ3n) is 4.86. The summed E-state index contributed by atoms with van der Waals surface area (Å²) in [6, 6.07) is 0. The van der Waals surface area contributed by atoms with Crippen LogP contribution in [0, 0.1) is 23.7 Å². The molecule has 0 aromatic heterocycles. The molecule has 0 aromatic rings. The van der Waals surface area contributed by atoms with Gasteiger partial charge < -0.3 is 5.11 Å². The quantitative estimate of drug-likeness (QED) is 0.374. The van der Waals surface area contributed by atoms with Gasteiger partial charge in [0.05, 0.1) is 6.61 Å². The van der Waals surface area contributed by atoms with E-state index in [-0.39, 0.29) is 12.5 Å². The molecule has 5 nitrogen and oxygen atoms in total. The molecule has 3 atom stereocenters. The smallest absolute Gasteiger partial charge is 0.396 e. The average Bonchev–Trinajstić information content (AvgIpc) is 2.50. The molecule has 2 N–H and O–H groups in total. The molecule has 25 heavy (non-hydrogen) atoms. The van der Waals surface area contributed by atoms with Crippen molar-refractivity contribution >= 4 is 10.4 Å². The maximum absolute atomic E-state index is 10.5. The van der Waals surface area contributed by atoms with Gasteiger partial charge >= 0.3 is 10.4 Å². The molecular formula is C19H40O5S. The molecule has 0 rings (SSSR count). The van der Waals surface area contributed by atoms with Gasteiger partial charge in [-0.25, -0.2) is 4.18 Å². The van der Waals surface area contributed by atoms with Crippen LogP contribution < -0.4 is 0 Å². The van der Waals surface area contributed by atoms with Gasteiger partial charge in [-0.1, -0.05) is 66.2 Å². The van der Waals surface area contributed by atoms with E-state index in [4.69, 9.17) is 4.55 Å². The van der Waals surface area contributed by atoms with E-state index in [1.165, 1.54) is 19.3 Å². The molecule has 152 valence electrons. The van der Waals surface area contributed by atoms with Crippen LogP contribution in [-0.4, -0.2) is 31.3 Å². The van der Waals surface area contributed by atoms with E-state index < -0.39 is 10.4 Å². The van der Waals surface area contributed by atoms with Gasteiger partial charge in [-0.3, -0.25) is 4.55 Å². The van der Waals surface area contributed by atoms with E-state index >= 15 is 0 Å². The van der Waals surface area contributed by atoms with Gasteiger partial charge in [0.15, 0.2) is 0 Å². The normalized spacial score (nSPS) is 16.1. The Kier molecular flexibility index (Phi) is 13.9. The second kappa shape index (κ2) is 14.0. The third-order valence-corrected chi connectivity index (χ3v) is 5.29. The van der Waals surface area contributed by atoms with E-state index in [1.54, 1.807) is 0 Å². The Morgan fingerprint density at radius 3 is 1.76 bits per heavy atom. The summed E-state index contributed by atoms with van der Waals surface area (Å²) < 4.78 is 34.0. The Hall–Kier alpha value is -0.170. The van der Waals surface area contributed by atoms with Crippen molar-refractivity contribution in [1.82, 2.24) is 0 Å². The fraction of sp³-hybridized carbons (Fsp3) is 1.00. The molecule has 0 bridgehead atoms. The number of rotatable bonds is 16. The van der Waals surface area contributed by atoms with Crippen LogP contribution in [0.1, 0.15) is 85.5 Å². The lowest BCUT2D eigenvalue weighted by molar-refractivity contribution is 0.200. The Labute approximate surface area is 155 Å². The van der Waals surface area contributed by atoms with Gasteiger partial charge in [0.25, 0.3) is 0 Å². The van der Waals surface area contributed by atoms with Crippen LogP contribution in [0.25, 0.3) is 0 Å². The minimum atomic E-state index is -4.32. The van der Waals surface area contributed by atoms with Crippen LogP contribution in [-0.2, 0) is 14.6 Å². The first-order chi connectivity index (χ1) is 11.6. The molecule has 0 saturated heterocycles. The fourth-order valence-electron chi connectivity index (χ4n) is 3.14. The largest absolute Gasteiger partial charge is 0.397 e. The van der Waals surface area contributed by atoms with Crippen LogP contribution in [0.2, 0.25) is 0 Å². The van der Waals surface area contributed by atoms with Crippen molar-refractivity contribution in [1.29, 1.82) is 0 Å². The first kappa shape index (κ1) is 24.8. The summed E-state index contributed by atoms with van der Waals surface area (Å²) in [4.78, 5) is 0. The van der Waals surface area contributed by atoms with Gasteiger partial charge in [0, 0.05) is 6.61 Å². The fourth-order valence-corrected chi connectivity index (χ4v) is 3.55. The molecule has 0 spiro atoms. The summed E-state index contributed by atoms with van der Waals surface area (Å²) in [5.74, 6) is 1.95. The van der Waals surface area contributed by atoms with Crippen molar-refractivity contribution in [3.8, 4) is 0 Å². The summed E-state index contributed by atoms with van der Waals surface area (Å²) in [5, 5.41) is 9.49. The molecule has 0 heterocycles. The molecule has 0 aliphatic heterocycles. The maximum Gasteiger partial charge on any atom is 0.397 e. The van der Waals surface area contributed by atoms with E-state index in [2.05, 4.69) is 25.0 Å². The number of hydrogen-bond donors (Lipinski definition) is 2. The second-order valence-corrected chi connectivity index (χ2v) is 9.25. The van der Waals surface area contributed by atoms with Gasteiger partial charge in [0.2, 0.25) is 0 Å². The first-order valence-corrected chi connectivity index (χ1v) is 11.2. The average molecular weight is 381 g/mol. The molecule has 0 amide bonds. The Morgan fingerprint density at radius 1 is 0.800 bits per heavy atom. The molecular weight excluding hydrogens is 340 g/mol. The molecule has 0 fully saturated rings. The van der Waals surface area contributed by atoms with Crippen molar-refractivity contribution < 1.29 is 22.3 Å². The predicted octanol–water partition coefficient (Wildman–Crippen LogP) is 4.85. The van der Waals surface area contributed by atoms with Crippen LogP contribution in [0.5, 0.6) is 0 Å². The van der Waals surface area contributed by atoms with E-state index in [0.29, 0.717) is 18.4 Å². The highest BCUT2D eigenvalue weighted by molar-refractivity contribution is 7.80. The summed E-state index contributed by atoms with van der Waals surface area (Å²) in [5.41, 5.74) is 0. The molecule has 6 heteroatoms. The minimum Gasteiger partial charge on any atom is -0.396 e. The zero-order chi connectivity index (χ0) is 19.3. The monoisotopic (exact) mass is 380 g/mol. The zero-order valence-electron chi connectivity index (χ0n) is 16.6. The maximum atomic E-state index is 10.5. The topological polar surface area (TPSA) is 83.8 Å². The third kappa shape index (κ3) is 17.0. The zero-order valence-corrected chi connectivity index (χ0v) is 17.4. The van der Waals surface area contributed by atoms with Gasteiger partial charge in [-0.15, -0.1) is 0 Å². The van der Waals surface area contributed by atoms with Crippen LogP contribution in [0.4, 0.5) is 0 Å². The van der Waals surface area contributed by atoms with Crippen LogP contribution >= 0.6 is 0 Å². The van der Waals surface area contributed by atoms with Crippen molar-refractivity contribution in [2.45, 2.75) is 85.5 Å². The molecule has 0 aliphatic rings. The highest BCUT2D eigenvalue weighted by Gasteiger charge is 2.12. The molecule has 3 unspecified atom stereocenters. The Morgan fingerprint density at radius 2 is 1.28 bits per heavy atom. The van der Waals surface area contributed by atoms with Crippen molar-refractivity contribution in [3.63, 3.8) is 0 Å². The van der Waals surface area contributed by atoms with Crippen molar-refractivity contribution in [2.75, 3.05) is 13.2 Å². The molecule has 0 saturated carbocycles. The number of aliphatic hydroxyl groups is 1. The molecule has 0 aromatic carbocycles. The van der Waals surface area contributed by atoms with E-state index in [1.807, 2.05) is 6.92 Å². The summed E-state index contributed by atoms with van der Waals surface area (Å²) in [6.07, 6.45) is 10.1. The van der Waals surface area contributed by atoms with E-state index in [0.717, 1.165) is 44.4 Å². The second-order valence-electron chi connectivity index (χ2n) is 8.16. The van der Waals surface area contributed by atoms with Gasteiger partial charge in [0.1, 0.15) is 0 Å². The van der Waals surface area contributed by atoms with E-state index in [9.17, 15) is 13.5 Å². The summed E-state index contributed by atoms with van der Waals surface area (Å²) in [6.45, 7) is 9.02.